The third-order valence-electron chi connectivity index (χ3n) is 3.98. The largest absolute Gasteiger partial charge is 0.508 e. The van der Waals surface area contributed by atoms with Crippen molar-refractivity contribution in [2.24, 2.45) is 0 Å². The molecule has 3 aromatic rings. The van der Waals surface area contributed by atoms with Crippen molar-refractivity contribution < 1.29 is 19.0 Å². The minimum atomic E-state index is -0.559. The summed E-state index contributed by atoms with van der Waals surface area (Å²) in [4.78, 5) is 12.3. The van der Waals surface area contributed by atoms with E-state index in [0.29, 0.717) is 17.0 Å². The van der Waals surface area contributed by atoms with E-state index < -0.39 is 5.91 Å². The Balaban J connectivity index is 1.69. The SMILES string of the molecule is N#C/C(=C/c1cccc(OCc2ccc(F)cc2)c1)C(=O)Nc1ccc(O)cc1. The van der Waals surface area contributed by atoms with E-state index in [1.165, 1.54) is 42.5 Å². The van der Waals surface area contributed by atoms with E-state index in [0.717, 1.165) is 5.56 Å². The fraction of sp³-hybridized carbons (Fsp3) is 0.0435. The van der Waals surface area contributed by atoms with E-state index in [4.69, 9.17) is 4.74 Å². The Kier molecular flexibility index (Phi) is 6.23. The maximum atomic E-state index is 13.0. The fourth-order valence-electron chi connectivity index (χ4n) is 2.50. The molecule has 0 aromatic heterocycles. The molecular weight excluding hydrogens is 371 g/mol. The van der Waals surface area contributed by atoms with Gasteiger partial charge in [-0.15, -0.1) is 0 Å². The van der Waals surface area contributed by atoms with Crippen molar-refractivity contribution in [1.82, 2.24) is 0 Å². The summed E-state index contributed by atoms with van der Waals surface area (Å²) < 4.78 is 18.7. The van der Waals surface area contributed by atoms with E-state index in [-0.39, 0.29) is 23.7 Å². The average molecular weight is 388 g/mol. The van der Waals surface area contributed by atoms with E-state index in [9.17, 15) is 19.6 Å². The number of phenols is 1. The van der Waals surface area contributed by atoms with Crippen molar-refractivity contribution in [2.75, 3.05) is 5.32 Å². The van der Waals surface area contributed by atoms with Crippen molar-refractivity contribution in [3.63, 3.8) is 0 Å². The van der Waals surface area contributed by atoms with Crippen LogP contribution in [0.25, 0.3) is 6.08 Å². The van der Waals surface area contributed by atoms with Crippen LogP contribution in [0.5, 0.6) is 11.5 Å². The summed E-state index contributed by atoms with van der Waals surface area (Å²) in [6.07, 6.45) is 1.46. The van der Waals surface area contributed by atoms with Crippen LogP contribution < -0.4 is 10.1 Å². The fourth-order valence-corrected chi connectivity index (χ4v) is 2.50. The van der Waals surface area contributed by atoms with Crippen LogP contribution in [-0.4, -0.2) is 11.0 Å². The van der Waals surface area contributed by atoms with Crippen molar-refractivity contribution in [3.05, 3.63) is 95.3 Å². The molecule has 29 heavy (non-hydrogen) atoms. The normalized spacial score (nSPS) is 10.8. The number of halogens is 1. The Morgan fingerprint density at radius 3 is 2.52 bits per heavy atom. The highest BCUT2D eigenvalue weighted by Gasteiger charge is 2.10. The lowest BCUT2D eigenvalue weighted by Gasteiger charge is -2.08. The topological polar surface area (TPSA) is 82.3 Å². The molecule has 0 atom stereocenters. The monoisotopic (exact) mass is 388 g/mol. The van der Waals surface area contributed by atoms with Crippen LogP contribution in [0.2, 0.25) is 0 Å². The zero-order chi connectivity index (χ0) is 20.6. The molecule has 0 aliphatic carbocycles. The van der Waals surface area contributed by atoms with Gasteiger partial charge in [-0.05, 0) is 65.7 Å². The van der Waals surface area contributed by atoms with Gasteiger partial charge in [0.15, 0.2) is 0 Å². The zero-order valence-corrected chi connectivity index (χ0v) is 15.3. The maximum absolute atomic E-state index is 13.0. The molecule has 1 amide bonds. The van der Waals surface area contributed by atoms with Crippen LogP contribution in [0, 0.1) is 17.1 Å². The summed E-state index contributed by atoms with van der Waals surface area (Å²) in [7, 11) is 0. The summed E-state index contributed by atoms with van der Waals surface area (Å²) in [5.74, 6) is -0.234. The second-order valence-corrected chi connectivity index (χ2v) is 6.16. The molecule has 3 rings (SSSR count). The number of benzene rings is 3. The Morgan fingerprint density at radius 2 is 1.83 bits per heavy atom. The molecule has 2 N–H and O–H groups in total. The van der Waals surface area contributed by atoms with Gasteiger partial charge in [0.2, 0.25) is 0 Å². The van der Waals surface area contributed by atoms with Gasteiger partial charge in [0.05, 0.1) is 0 Å². The predicted molar refractivity (Wildman–Crippen MR) is 108 cm³/mol. The molecule has 0 aliphatic heterocycles. The Morgan fingerprint density at radius 1 is 1.10 bits per heavy atom. The Labute approximate surface area is 167 Å². The lowest BCUT2D eigenvalue weighted by molar-refractivity contribution is -0.112. The number of amides is 1. The standard InChI is InChI=1S/C23H17FN2O3/c24-19-6-4-16(5-7-19)15-29-22-3-1-2-17(13-22)12-18(14-25)23(28)26-20-8-10-21(27)11-9-20/h1-13,27H,15H2,(H,26,28)/b18-12-. The van der Waals surface area contributed by atoms with Crippen molar-refractivity contribution in [2.45, 2.75) is 6.61 Å². The first-order valence-electron chi connectivity index (χ1n) is 8.73. The van der Waals surface area contributed by atoms with E-state index in [1.54, 1.807) is 36.4 Å². The number of carbonyl (C=O) groups is 1. The van der Waals surface area contributed by atoms with Crippen LogP contribution >= 0.6 is 0 Å². The molecule has 0 radical (unpaired) electrons. The van der Waals surface area contributed by atoms with E-state index in [2.05, 4.69) is 5.32 Å². The smallest absolute Gasteiger partial charge is 0.266 e. The van der Waals surface area contributed by atoms with Crippen LogP contribution in [0.15, 0.2) is 78.4 Å². The average Bonchev–Trinajstić information content (AvgIpc) is 2.73. The van der Waals surface area contributed by atoms with Gasteiger partial charge < -0.3 is 15.2 Å². The third kappa shape index (κ3) is 5.68. The number of nitriles is 1. The highest BCUT2D eigenvalue weighted by Crippen LogP contribution is 2.19. The summed E-state index contributed by atoms with van der Waals surface area (Å²) in [5, 5.41) is 21.2. The summed E-state index contributed by atoms with van der Waals surface area (Å²) in [6.45, 7) is 0.264. The molecule has 0 unspecified atom stereocenters. The number of hydrogen-bond donors (Lipinski definition) is 2. The van der Waals surface area contributed by atoms with Crippen molar-refractivity contribution in [1.29, 1.82) is 5.26 Å². The number of nitrogens with one attached hydrogen (secondary N) is 1. The van der Waals surface area contributed by atoms with Crippen molar-refractivity contribution in [3.8, 4) is 17.6 Å². The molecule has 0 fully saturated rings. The molecule has 0 aliphatic rings. The first-order chi connectivity index (χ1) is 14.0. The number of rotatable bonds is 6. The molecule has 0 spiro atoms. The number of aromatic hydroxyl groups is 1. The molecule has 0 saturated carbocycles. The molecule has 5 nitrogen and oxygen atoms in total. The van der Waals surface area contributed by atoms with Gasteiger partial charge in [0.1, 0.15) is 35.6 Å². The van der Waals surface area contributed by atoms with E-state index in [1.807, 2.05) is 6.07 Å². The van der Waals surface area contributed by atoms with Gasteiger partial charge in [-0.2, -0.15) is 5.26 Å². The van der Waals surface area contributed by atoms with Gasteiger partial charge in [0, 0.05) is 5.69 Å². The third-order valence-corrected chi connectivity index (χ3v) is 3.98. The van der Waals surface area contributed by atoms with Crippen LogP contribution in [0.3, 0.4) is 0 Å². The molecule has 144 valence electrons. The molecule has 0 heterocycles. The van der Waals surface area contributed by atoms with Gasteiger partial charge in [-0.25, -0.2) is 4.39 Å². The Hall–Kier alpha value is -4.11. The van der Waals surface area contributed by atoms with Crippen molar-refractivity contribution >= 4 is 17.7 Å². The maximum Gasteiger partial charge on any atom is 0.266 e. The molecular formula is C23H17FN2O3. The van der Waals surface area contributed by atoms with Gasteiger partial charge in [-0.1, -0.05) is 24.3 Å². The number of carbonyl (C=O) groups excluding carboxylic acids is 1. The van der Waals surface area contributed by atoms with Gasteiger partial charge >= 0.3 is 0 Å². The van der Waals surface area contributed by atoms with Crippen LogP contribution in [0.1, 0.15) is 11.1 Å². The van der Waals surface area contributed by atoms with Crippen LogP contribution in [0.4, 0.5) is 10.1 Å². The molecule has 0 bridgehead atoms. The number of nitrogens with zero attached hydrogens (tertiary/aromatic N) is 1. The summed E-state index contributed by atoms with van der Waals surface area (Å²) >= 11 is 0. The lowest BCUT2D eigenvalue weighted by Crippen LogP contribution is -2.13. The first kappa shape index (κ1) is 19.6. The number of hydrogen-bond acceptors (Lipinski definition) is 4. The molecule has 6 heteroatoms. The van der Waals surface area contributed by atoms with Gasteiger partial charge in [0.25, 0.3) is 5.91 Å². The number of anilines is 1. The quantitative estimate of drug-likeness (QED) is 0.366. The second kappa shape index (κ2) is 9.20. The lowest BCUT2D eigenvalue weighted by atomic mass is 10.1. The highest BCUT2D eigenvalue weighted by atomic mass is 19.1. The summed E-state index contributed by atoms with van der Waals surface area (Å²) in [6, 6.07) is 20.8. The number of ether oxygens (including phenoxy) is 1. The highest BCUT2D eigenvalue weighted by molar-refractivity contribution is 6.09. The Bertz CT molecular complexity index is 1070. The van der Waals surface area contributed by atoms with Crippen LogP contribution in [-0.2, 0) is 11.4 Å². The minimum absolute atomic E-state index is 0.0752. The predicted octanol–water partition coefficient (Wildman–Crippen LogP) is 4.66. The molecule has 0 saturated heterocycles. The number of phenolic OH excluding ortho intramolecular Hbond substituents is 1. The second-order valence-electron chi connectivity index (χ2n) is 6.16. The molecule has 3 aromatic carbocycles. The minimum Gasteiger partial charge on any atom is -0.508 e. The van der Waals surface area contributed by atoms with Gasteiger partial charge in [-0.3, -0.25) is 4.79 Å². The summed E-state index contributed by atoms with van der Waals surface area (Å²) in [5.41, 5.74) is 1.83. The van der Waals surface area contributed by atoms with E-state index >= 15 is 0 Å². The zero-order valence-electron chi connectivity index (χ0n) is 15.3. The first-order valence-corrected chi connectivity index (χ1v) is 8.73.